The van der Waals surface area contributed by atoms with E-state index in [0.29, 0.717) is 29.6 Å². The summed E-state index contributed by atoms with van der Waals surface area (Å²) < 4.78 is 16.6. The molecule has 0 saturated heterocycles. The quantitative estimate of drug-likeness (QED) is 0.558. The number of guanidine groups is 1. The standard InChI is InChI=1S/C21H28N4O3/c1-26-17-8-9-19(27-2)18(13-17)25-21(22)24-14-15-10-11-23-20(12-15)28-16-6-4-3-5-7-16/h8-13,16H,3-7,14H2,1-2H3,(H3,22,24,25). The second kappa shape index (κ2) is 9.82. The van der Waals surface area contributed by atoms with Gasteiger partial charge in [0.05, 0.1) is 26.5 Å². The van der Waals surface area contributed by atoms with Crippen LogP contribution in [0.2, 0.25) is 0 Å². The molecule has 1 aromatic carbocycles. The normalized spacial score (nSPS) is 15.1. The maximum Gasteiger partial charge on any atom is 0.213 e. The highest BCUT2D eigenvalue weighted by Crippen LogP contribution is 2.28. The predicted octanol–water partition coefficient (Wildman–Crippen LogP) is 3.74. The molecule has 1 saturated carbocycles. The lowest BCUT2D eigenvalue weighted by molar-refractivity contribution is 0.148. The molecule has 3 rings (SSSR count). The van der Waals surface area contributed by atoms with E-state index in [9.17, 15) is 0 Å². The monoisotopic (exact) mass is 384 g/mol. The van der Waals surface area contributed by atoms with E-state index in [1.807, 2.05) is 30.3 Å². The summed E-state index contributed by atoms with van der Waals surface area (Å²) in [6.45, 7) is 0.425. The van der Waals surface area contributed by atoms with Gasteiger partial charge >= 0.3 is 0 Å². The second-order valence-electron chi connectivity index (χ2n) is 6.77. The number of nitrogens with one attached hydrogen (secondary N) is 1. The van der Waals surface area contributed by atoms with Crippen molar-refractivity contribution in [2.45, 2.75) is 44.8 Å². The largest absolute Gasteiger partial charge is 0.497 e. The van der Waals surface area contributed by atoms with Gasteiger partial charge in [-0.15, -0.1) is 0 Å². The minimum atomic E-state index is 0.271. The first-order valence-corrected chi connectivity index (χ1v) is 9.58. The van der Waals surface area contributed by atoms with Crippen molar-refractivity contribution in [3.63, 3.8) is 0 Å². The molecule has 7 nitrogen and oxygen atoms in total. The Morgan fingerprint density at radius 2 is 1.96 bits per heavy atom. The van der Waals surface area contributed by atoms with E-state index in [2.05, 4.69) is 15.3 Å². The Hall–Kier alpha value is -2.96. The second-order valence-corrected chi connectivity index (χ2v) is 6.77. The summed E-state index contributed by atoms with van der Waals surface area (Å²) in [5, 5.41) is 3.06. The van der Waals surface area contributed by atoms with Crippen LogP contribution in [-0.2, 0) is 6.54 Å². The number of nitrogens with zero attached hydrogens (tertiary/aromatic N) is 2. The number of pyridine rings is 1. The van der Waals surface area contributed by atoms with Crippen molar-refractivity contribution in [3.8, 4) is 17.4 Å². The van der Waals surface area contributed by atoms with Crippen LogP contribution in [0.3, 0.4) is 0 Å². The number of rotatable bonds is 7. The van der Waals surface area contributed by atoms with E-state index in [-0.39, 0.29) is 12.1 Å². The first-order chi connectivity index (χ1) is 13.7. The fourth-order valence-electron chi connectivity index (χ4n) is 3.23. The summed E-state index contributed by atoms with van der Waals surface area (Å²) in [7, 11) is 3.21. The van der Waals surface area contributed by atoms with Gasteiger partial charge in [0.2, 0.25) is 5.88 Å². The maximum atomic E-state index is 6.05. The third-order valence-electron chi connectivity index (χ3n) is 4.74. The topological polar surface area (TPSA) is 91.0 Å². The summed E-state index contributed by atoms with van der Waals surface area (Å²) >= 11 is 0. The van der Waals surface area contributed by atoms with Crippen molar-refractivity contribution in [1.29, 1.82) is 0 Å². The lowest BCUT2D eigenvalue weighted by Gasteiger charge is -2.22. The van der Waals surface area contributed by atoms with Crippen molar-refractivity contribution in [3.05, 3.63) is 42.1 Å². The van der Waals surface area contributed by atoms with Gasteiger partial charge in [0, 0.05) is 18.3 Å². The zero-order chi connectivity index (χ0) is 19.8. The minimum Gasteiger partial charge on any atom is -0.497 e. The van der Waals surface area contributed by atoms with E-state index in [4.69, 9.17) is 19.9 Å². The Morgan fingerprint density at radius 1 is 1.14 bits per heavy atom. The first-order valence-electron chi connectivity index (χ1n) is 9.58. The number of nitrogens with two attached hydrogens (primary N) is 1. The van der Waals surface area contributed by atoms with Crippen LogP contribution in [0.4, 0.5) is 5.69 Å². The van der Waals surface area contributed by atoms with Gasteiger partial charge in [-0.3, -0.25) is 0 Å². The van der Waals surface area contributed by atoms with E-state index in [1.54, 1.807) is 20.4 Å². The third kappa shape index (κ3) is 5.52. The highest BCUT2D eigenvalue weighted by atomic mass is 16.5. The molecule has 0 aliphatic heterocycles. The van der Waals surface area contributed by atoms with Gasteiger partial charge in [-0.25, -0.2) is 9.98 Å². The molecule has 7 heteroatoms. The van der Waals surface area contributed by atoms with Crippen LogP contribution in [0.15, 0.2) is 41.5 Å². The van der Waals surface area contributed by atoms with Gasteiger partial charge < -0.3 is 25.3 Å². The van der Waals surface area contributed by atoms with Gasteiger partial charge in [0.15, 0.2) is 5.96 Å². The van der Waals surface area contributed by atoms with Crippen LogP contribution in [0.5, 0.6) is 17.4 Å². The van der Waals surface area contributed by atoms with Crippen molar-refractivity contribution in [2.24, 2.45) is 10.7 Å². The van der Waals surface area contributed by atoms with Crippen LogP contribution >= 0.6 is 0 Å². The first kappa shape index (κ1) is 19.8. The number of aromatic nitrogens is 1. The van der Waals surface area contributed by atoms with Gasteiger partial charge in [-0.2, -0.15) is 0 Å². The fraction of sp³-hybridized carbons (Fsp3) is 0.429. The van der Waals surface area contributed by atoms with Crippen LogP contribution in [0.25, 0.3) is 0 Å². The van der Waals surface area contributed by atoms with Crippen molar-refractivity contribution >= 4 is 11.6 Å². The zero-order valence-electron chi connectivity index (χ0n) is 16.5. The summed E-state index contributed by atoms with van der Waals surface area (Å²) in [4.78, 5) is 8.73. The summed E-state index contributed by atoms with van der Waals surface area (Å²) in [6.07, 6.45) is 7.97. The number of hydrogen-bond acceptors (Lipinski definition) is 5. The minimum absolute atomic E-state index is 0.271. The highest BCUT2D eigenvalue weighted by molar-refractivity contribution is 5.94. The molecule has 1 fully saturated rings. The Balaban J connectivity index is 1.62. The molecule has 0 radical (unpaired) electrons. The van der Waals surface area contributed by atoms with Crippen molar-refractivity contribution in [2.75, 3.05) is 19.5 Å². The number of hydrogen-bond donors (Lipinski definition) is 2. The molecule has 28 heavy (non-hydrogen) atoms. The van der Waals surface area contributed by atoms with Gasteiger partial charge in [0.25, 0.3) is 0 Å². The van der Waals surface area contributed by atoms with Gasteiger partial charge in [-0.1, -0.05) is 6.42 Å². The molecular weight excluding hydrogens is 356 g/mol. The lowest BCUT2D eigenvalue weighted by Crippen LogP contribution is -2.23. The molecular formula is C21H28N4O3. The molecule has 0 atom stereocenters. The van der Waals surface area contributed by atoms with E-state index < -0.39 is 0 Å². The Morgan fingerprint density at radius 3 is 2.71 bits per heavy atom. The summed E-state index contributed by atoms with van der Waals surface area (Å²) in [5.41, 5.74) is 7.73. The average Bonchev–Trinajstić information content (AvgIpc) is 2.73. The summed E-state index contributed by atoms with van der Waals surface area (Å²) in [6, 6.07) is 9.28. The van der Waals surface area contributed by atoms with Crippen LogP contribution < -0.4 is 25.3 Å². The van der Waals surface area contributed by atoms with Crippen molar-refractivity contribution < 1.29 is 14.2 Å². The smallest absolute Gasteiger partial charge is 0.213 e. The van der Waals surface area contributed by atoms with Gasteiger partial charge in [0.1, 0.15) is 17.6 Å². The predicted molar refractivity (Wildman–Crippen MR) is 110 cm³/mol. The molecule has 1 aliphatic carbocycles. The molecule has 1 aliphatic rings. The Kier molecular flexibility index (Phi) is 6.94. The van der Waals surface area contributed by atoms with E-state index in [1.165, 1.54) is 19.3 Å². The average molecular weight is 384 g/mol. The molecule has 1 aromatic heterocycles. The molecule has 0 bridgehead atoms. The zero-order valence-corrected chi connectivity index (χ0v) is 16.5. The third-order valence-corrected chi connectivity index (χ3v) is 4.74. The van der Waals surface area contributed by atoms with E-state index in [0.717, 1.165) is 18.4 Å². The maximum absolute atomic E-state index is 6.05. The Bertz CT molecular complexity index is 804. The number of anilines is 1. The molecule has 0 unspecified atom stereocenters. The number of ether oxygens (including phenoxy) is 3. The molecule has 0 amide bonds. The van der Waals surface area contributed by atoms with Crippen molar-refractivity contribution in [1.82, 2.24) is 4.98 Å². The highest BCUT2D eigenvalue weighted by Gasteiger charge is 2.15. The molecule has 150 valence electrons. The van der Waals surface area contributed by atoms with Gasteiger partial charge in [-0.05, 0) is 49.4 Å². The molecule has 1 heterocycles. The Labute approximate surface area is 165 Å². The molecule has 3 N–H and O–H groups in total. The van der Waals surface area contributed by atoms with Crippen LogP contribution in [0, 0.1) is 0 Å². The summed E-state index contributed by atoms with van der Waals surface area (Å²) in [5.74, 6) is 2.31. The molecule has 0 spiro atoms. The lowest BCUT2D eigenvalue weighted by atomic mass is 9.98. The number of methoxy groups -OCH3 is 2. The number of benzene rings is 1. The molecule has 2 aromatic rings. The van der Waals surface area contributed by atoms with Crippen LogP contribution in [0.1, 0.15) is 37.7 Å². The number of aliphatic imine (C=N–C) groups is 1. The SMILES string of the molecule is COc1ccc(OC)c(NC(N)=NCc2ccnc(OC3CCCCC3)c2)c1. The van der Waals surface area contributed by atoms with Crippen LogP contribution in [-0.4, -0.2) is 31.3 Å². The fourth-order valence-corrected chi connectivity index (χ4v) is 3.23. The van der Waals surface area contributed by atoms with E-state index >= 15 is 0 Å².